The van der Waals surface area contributed by atoms with Gasteiger partial charge < -0.3 is 15.4 Å². The van der Waals surface area contributed by atoms with Crippen LogP contribution in [0.25, 0.3) is 0 Å². The molecule has 2 N–H and O–H groups in total. The summed E-state index contributed by atoms with van der Waals surface area (Å²) in [5, 5.41) is 0. The number of nitrogens with zero attached hydrogens (tertiary/aromatic N) is 1. The van der Waals surface area contributed by atoms with Crippen LogP contribution in [0.15, 0.2) is 24.3 Å². The lowest BCUT2D eigenvalue weighted by molar-refractivity contribution is -0.142. The third-order valence-electron chi connectivity index (χ3n) is 2.41. The predicted molar refractivity (Wildman–Crippen MR) is 64.5 cm³/mol. The highest BCUT2D eigenvalue weighted by Gasteiger charge is 2.13. The minimum Gasteiger partial charge on any atom is -0.468 e. The Bertz CT molecular complexity index is 347. The maximum absolute atomic E-state index is 11.1. The summed E-state index contributed by atoms with van der Waals surface area (Å²) in [5.74, 6) is -0.378. The summed E-state index contributed by atoms with van der Waals surface area (Å²) in [5.41, 5.74) is 7.82. The zero-order valence-corrected chi connectivity index (χ0v) is 9.93. The maximum Gasteiger partial charge on any atom is 0.322 e. The summed E-state index contributed by atoms with van der Waals surface area (Å²) in [6.07, 6.45) is 0.500. The quantitative estimate of drug-likeness (QED) is 0.765. The van der Waals surface area contributed by atoms with Crippen molar-refractivity contribution < 1.29 is 9.53 Å². The number of methoxy groups -OCH3 is 1. The molecule has 0 amide bonds. The van der Waals surface area contributed by atoms with Crippen molar-refractivity contribution in [3.8, 4) is 0 Å². The number of benzene rings is 1. The van der Waals surface area contributed by atoms with Crippen LogP contribution in [0, 0.1) is 0 Å². The molecular formula is C12H18N2O2. The number of esters is 1. The predicted octanol–water partition coefficient (Wildman–Crippen LogP) is 0.795. The first-order chi connectivity index (χ1) is 7.54. The highest BCUT2D eigenvalue weighted by molar-refractivity contribution is 5.75. The van der Waals surface area contributed by atoms with Gasteiger partial charge in [0.1, 0.15) is 6.04 Å². The first-order valence-electron chi connectivity index (χ1n) is 5.14. The van der Waals surface area contributed by atoms with Gasteiger partial charge in [0, 0.05) is 19.8 Å². The molecule has 0 aliphatic carbocycles. The largest absolute Gasteiger partial charge is 0.468 e. The number of nitrogens with two attached hydrogens (primary N) is 1. The van der Waals surface area contributed by atoms with Crippen LogP contribution in [0.4, 0.5) is 5.69 Å². The van der Waals surface area contributed by atoms with Gasteiger partial charge >= 0.3 is 5.97 Å². The molecule has 0 spiro atoms. The third-order valence-corrected chi connectivity index (χ3v) is 2.41. The van der Waals surface area contributed by atoms with Gasteiger partial charge in [0.2, 0.25) is 0 Å². The number of carbonyl (C=O) groups excluding carboxylic acids is 1. The lowest BCUT2D eigenvalue weighted by Gasteiger charge is -2.13. The number of carbonyl (C=O) groups is 1. The topological polar surface area (TPSA) is 55.6 Å². The minimum atomic E-state index is -0.588. The second-order valence-corrected chi connectivity index (χ2v) is 3.89. The van der Waals surface area contributed by atoms with E-state index in [4.69, 9.17) is 5.73 Å². The molecule has 0 aliphatic rings. The van der Waals surface area contributed by atoms with Gasteiger partial charge in [-0.2, -0.15) is 0 Å². The van der Waals surface area contributed by atoms with Crippen molar-refractivity contribution in [2.45, 2.75) is 12.5 Å². The van der Waals surface area contributed by atoms with Crippen molar-refractivity contribution in [2.24, 2.45) is 5.73 Å². The standard InChI is InChI=1S/C12H18N2O2/c1-14(2)10-6-4-9(5-7-10)8-11(13)12(15)16-3/h4-7,11H,8,13H2,1-3H3. The Morgan fingerprint density at radius 2 is 1.94 bits per heavy atom. The molecule has 0 radical (unpaired) electrons. The molecule has 0 bridgehead atoms. The molecule has 0 saturated carbocycles. The van der Waals surface area contributed by atoms with Crippen LogP contribution >= 0.6 is 0 Å². The fraction of sp³-hybridized carbons (Fsp3) is 0.417. The number of hydrogen-bond donors (Lipinski definition) is 1. The first-order valence-corrected chi connectivity index (χ1v) is 5.14. The van der Waals surface area contributed by atoms with Gasteiger partial charge in [0.15, 0.2) is 0 Å². The van der Waals surface area contributed by atoms with E-state index in [2.05, 4.69) is 4.74 Å². The van der Waals surface area contributed by atoms with E-state index in [-0.39, 0.29) is 5.97 Å². The lowest BCUT2D eigenvalue weighted by atomic mass is 10.1. The first kappa shape index (κ1) is 12.5. The van der Waals surface area contributed by atoms with Crippen LogP contribution in [0.5, 0.6) is 0 Å². The van der Waals surface area contributed by atoms with E-state index in [0.717, 1.165) is 11.3 Å². The molecule has 1 aromatic rings. The molecule has 16 heavy (non-hydrogen) atoms. The Labute approximate surface area is 96.0 Å². The van der Waals surface area contributed by atoms with Crippen molar-refractivity contribution >= 4 is 11.7 Å². The molecule has 0 aliphatic heterocycles. The van der Waals surface area contributed by atoms with Crippen LogP contribution in [-0.2, 0) is 16.0 Å². The summed E-state index contributed by atoms with van der Waals surface area (Å²) < 4.78 is 4.57. The highest BCUT2D eigenvalue weighted by atomic mass is 16.5. The average molecular weight is 222 g/mol. The molecule has 1 unspecified atom stereocenters. The highest BCUT2D eigenvalue weighted by Crippen LogP contribution is 2.13. The fourth-order valence-electron chi connectivity index (χ4n) is 1.42. The summed E-state index contributed by atoms with van der Waals surface area (Å²) in [6, 6.07) is 7.35. The monoisotopic (exact) mass is 222 g/mol. The van der Waals surface area contributed by atoms with E-state index in [0.29, 0.717) is 6.42 Å². The molecule has 88 valence electrons. The van der Waals surface area contributed by atoms with E-state index >= 15 is 0 Å². The molecule has 1 rings (SSSR count). The number of rotatable bonds is 4. The van der Waals surface area contributed by atoms with Crippen LogP contribution in [0.2, 0.25) is 0 Å². The van der Waals surface area contributed by atoms with Gasteiger partial charge in [-0.25, -0.2) is 0 Å². The number of hydrogen-bond acceptors (Lipinski definition) is 4. The van der Waals surface area contributed by atoms with E-state index in [1.54, 1.807) is 0 Å². The number of ether oxygens (including phenoxy) is 1. The zero-order valence-electron chi connectivity index (χ0n) is 9.93. The van der Waals surface area contributed by atoms with Crippen LogP contribution in [0.3, 0.4) is 0 Å². The van der Waals surface area contributed by atoms with Crippen LogP contribution in [0.1, 0.15) is 5.56 Å². The van der Waals surface area contributed by atoms with Crippen molar-refractivity contribution in [3.63, 3.8) is 0 Å². The molecule has 4 heteroatoms. The lowest BCUT2D eigenvalue weighted by Crippen LogP contribution is -2.33. The Kier molecular flexibility index (Phi) is 4.31. The van der Waals surface area contributed by atoms with Gasteiger partial charge in [-0.15, -0.1) is 0 Å². The Hall–Kier alpha value is -1.55. The van der Waals surface area contributed by atoms with Gasteiger partial charge in [-0.1, -0.05) is 12.1 Å². The Morgan fingerprint density at radius 3 is 2.38 bits per heavy atom. The van der Waals surface area contributed by atoms with E-state index < -0.39 is 6.04 Å². The molecular weight excluding hydrogens is 204 g/mol. The van der Waals surface area contributed by atoms with Gasteiger partial charge in [0.25, 0.3) is 0 Å². The Balaban J connectivity index is 2.65. The Morgan fingerprint density at radius 1 is 1.38 bits per heavy atom. The molecule has 1 atom stereocenters. The smallest absolute Gasteiger partial charge is 0.322 e. The van der Waals surface area contributed by atoms with E-state index in [1.807, 2.05) is 43.3 Å². The summed E-state index contributed by atoms with van der Waals surface area (Å²) in [7, 11) is 5.31. The molecule has 0 fully saturated rings. The van der Waals surface area contributed by atoms with Crippen molar-refractivity contribution in [2.75, 3.05) is 26.1 Å². The van der Waals surface area contributed by atoms with Crippen molar-refractivity contribution in [3.05, 3.63) is 29.8 Å². The van der Waals surface area contributed by atoms with Gasteiger partial charge in [-0.05, 0) is 24.1 Å². The normalized spacial score (nSPS) is 12.0. The summed E-state index contributed by atoms with van der Waals surface area (Å²) >= 11 is 0. The van der Waals surface area contributed by atoms with E-state index in [1.165, 1.54) is 7.11 Å². The molecule has 0 heterocycles. The molecule has 4 nitrogen and oxygen atoms in total. The fourth-order valence-corrected chi connectivity index (χ4v) is 1.42. The summed E-state index contributed by atoms with van der Waals surface area (Å²) in [6.45, 7) is 0. The SMILES string of the molecule is COC(=O)C(N)Cc1ccc(N(C)C)cc1. The summed E-state index contributed by atoms with van der Waals surface area (Å²) in [4.78, 5) is 13.2. The second-order valence-electron chi connectivity index (χ2n) is 3.89. The van der Waals surface area contributed by atoms with Crippen LogP contribution < -0.4 is 10.6 Å². The van der Waals surface area contributed by atoms with E-state index in [9.17, 15) is 4.79 Å². The average Bonchev–Trinajstić information content (AvgIpc) is 2.28. The molecule has 1 aromatic carbocycles. The number of anilines is 1. The van der Waals surface area contributed by atoms with Gasteiger partial charge in [0.05, 0.1) is 7.11 Å². The van der Waals surface area contributed by atoms with Gasteiger partial charge in [-0.3, -0.25) is 4.79 Å². The minimum absolute atomic E-state index is 0.378. The molecule has 0 saturated heterocycles. The van der Waals surface area contributed by atoms with Crippen molar-refractivity contribution in [1.82, 2.24) is 0 Å². The van der Waals surface area contributed by atoms with Crippen LogP contribution in [-0.4, -0.2) is 33.2 Å². The van der Waals surface area contributed by atoms with Crippen molar-refractivity contribution in [1.29, 1.82) is 0 Å². The second kappa shape index (κ2) is 5.51. The zero-order chi connectivity index (χ0) is 12.1. The molecule has 0 aromatic heterocycles. The maximum atomic E-state index is 11.1. The third kappa shape index (κ3) is 3.24.